The third-order valence-corrected chi connectivity index (χ3v) is 3.70. The lowest BCUT2D eigenvalue weighted by Gasteiger charge is -2.14. The fourth-order valence-corrected chi connectivity index (χ4v) is 2.19. The number of nitrogens with one attached hydrogen (secondary N) is 1. The van der Waals surface area contributed by atoms with Crippen LogP contribution in [0.2, 0.25) is 0 Å². The topological polar surface area (TPSA) is 55.1 Å². The van der Waals surface area contributed by atoms with Gasteiger partial charge >= 0.3 is 0 Å². The Labute approximate surface area is 146 Å². The molecule has 2 rings (SSSR count). The Morgan fingerprint density at radius 2 is 1.62 bits per heavy atom. The first-order valence-electron chi connectivity index (χ1n) is 7.47. The molecule has 0 radical (unpaired) electrons. The van der Waals surface area contributed by atoms with Crippen molar-refractivity contribution < 1.29 is 13.6 Å². The quantitative estimate of drug-likeness (QED) is 0.854. The van der Waals surface area contributed by atoms with E-state index in [2.05, 4.69) is 19.2 Å². The summed E-state index contributed by atoms with van der Waals surface area (Å²) in [5.41, 5.74) is 8.23. The minimum Gasteiger partial charge on any atom is -0.350 e. The van der Waals surface area contributed by atoms with E-state index in [0.29, 0.717) is 5.92 Å². The second-order valence-electron chi connectivity index (χ2n) is 5.77. The molecule has 1 unspecified atom stereocenters. The van der Waals surface area contributed by atoms with E-state index in [9.17, 15) is 13.6 Å². The molecule has 3 N–H and O–H groups in total. The van der Waals surface area contributed by atoms with Crippen molar-refractivity contribution in [1.29, 1.82) is 0 Å². The number of benzene rings is 2. The third kappa shape index (κ3) is 5.01. The van der Waals surface area contributed by atoms with Gasteiger partial charge in [0.05, 0.1) is 0 Å². The van der Waals surface area contributed by atoms with Crippen LogP contribution in [0.5, 0.6) is 0 Å². The molecule has 1 amide bonds. The Hall–Kier alpha value is -1.98. The van der Waals surface area contributed by atoms with Crippen molar-refractivity contribution in [3.8, 4) is 0 Å². The molecule has 1 atom stereocenters. The fourth-order valence-electron chi connectivity index (χ4n) is 2.19. The summed E-state index contributed by atoms with van der Waals surface area (Å²) >= 11 is 0. The second kappa shape index (κ2) is 8.76. The van der Waals surface area contributed by atoms with E-state index >= 15 is 0 Å². The van der Waals surface area contributed by atoms with Gasteiger partial charge in [-0.3, -0.25) is 4.79 Å². The Bertz CT molecular complexity index is 690. The first-order valence-corrected chi connectivity index (χ1v) is 7.47. The van der Waals surface area contributed by atoms with Gasteiger partial charge in [-0.15, -0.1) is 12.4 Å². The Morgan fingerprint density at radius 3 is 2.17 bits per heavy atom. The van der Waals surface area contributed by atoms with E-state index in [4.69, 9.17) is 5.73 Å². The lowest BCUT2D eigenvalue weighted by atomic mass is 9.99. The summed E-state index contributed by atoms with van der Waals surface area (Å²) in [6.45, 7) is 4.42. The molecule has 3 nitrogen and oxygen atoms in total. The number of carbonyl (C=O) groups excluding carboxylic acids is 1. The van der Waals surface area contributed by atoms with E-state index < -0.39 is 17.5 Å². The van der Waals surface area contributed by atoms with Gasteiger partial charge in [-0.1, -0.05) is 38.1 Å². The molecule has 0 aliphatic carbocycles. The predicted octanol–water partition coefficient (Wildman–Crippen LogP) is 3.94. The summed E-state index contributed by atoms with van der Waals surface area (Å²) in [6.07, 6.45) is 0. The van der Waals surface area contributed by atoms with Crippen molar-refractivity contribution in [2.45, 2.75) is 25.8 Å². The molecule has 0 spiro atoms. The number of rotatable bonds is 5. The van der Waals surface area contributed by atoms with Crippen molar-refractivity contribution in [1.82, 2.24) is 5.32 Å². The molecular weight excluding hydrogens is 334 g/mol. The molecular formula is C18H21ClF2N2O. The van der Waals surface area contributed by atoms with Gasteiger partial charge in [0.25, 0.3) is 5.91 Å². The molecule has 0 saturated heterocycles. The summed E-state index contributed by atoms with van der Waals surface area (Å²) in [4.78, 5) is 11.9. The van der Waals surface area contributed by atoms with Crippen molar-refractivity contribution in [3.05, 3.63) is 70.8 Å². The molecule has 0 aliphatic heterocycles. The number of hydrogen-bond donors (Lipinski definition) is 2. The monoisotopic (exact) mass is 354 g/mol. The third-order valence-electron chi connectivity index (χ3n) is 3.70. The Balaban J connectivity index is 0.00000288. The van der Waals surface area contributed by atoms with E-state index in [1.165, 1.54) is 11.6 Å². The molecule has 130 valence electrons. The molecule has 24 heavy (non-hydrogen) atoms. The lowest BCUT2D eigenvalue weighted by molar-refractivity contribution is 0.0950. The normalized spacial score (nSPS) is 11.8. The summed E-state index contributed by atoms with van der Waals surface area (Å²) in [6, 6.07) is 10.5. The van der Waals surface area contributed by atoms with E-state index in [0.717, 1.165) is 17.7 Å². The number of nitrogens with two attached hydrogens (primary N) is 1. The fraction of sp³-hybridized carbons (Fsp3) is 0.278. The first-order chi connectivity index (χ1) is 10.9. The van der Waals surface area contributed by atoms with Gasteiger partial charge < -0.3 is 11.1 Å². The molecule has 0 aliphatic rings. The maximum absolute atomic E-state index is 13.1. The molecule has 0 aromatic heterocycles. The number of carbonyl (C=O) groups is 1. The number of halogens is 3. The van der Waals surface area contributed by atoms with Gasteiger partial charge in [0.15, 0.2) is 11.6 Å². The van der Waals surface area contributed by atoms with Crippen molar-refractivity contribution in [3.63, 3.8) is 0 Å². The smallest absolute Gasteiger partial charge is 0.251 e. The highest BCUT2D eigenvalue weighted by Crippen LogP contribution is 2.17. The Kier molecular flexibility index (Phi) is 7.32. The molecule has 6 heteroatoms. The molecule has 2 aromatic carbocycles. The van der Waals surface area contributed by atoms with Crippen LogP contribution < -0.4 is 11.1 Å². The van der Waals surface area contributed by atoms with E-state index in [1.807, 2.05) is 24.3 Å². The molecule has 2 aromatic rings. The van der Waals surface area contributed by atoms with Crippen molar-refractivity contribution >= 4 is 18.3 Å². The van der Waals surface area contributed by atoms with Crippen LogP contribution in [-0.2, 0) is 0 Å². The number of amides is 1. The zero-order valence-corrected chi connectivity index (χ0v) is 14.4. The predicted molar refractivity (Wildman–Crippen MR) is 93.4 cm³/mol. The largest absolute Gasteiger partial charge is 0.350 e. The molecule has 0 heterocycles. The minimum atomic E-state index is -1.05. The highest BCUT2D eigenvalue weighted by atomic mass is 35.5. The van der Waals surface area contributed by atoms with Crippen LogP contribution in [-0.4, -0.2) is 12.5 Å². The summed E-state index contributed by atoms with van der Waals surface area (Å²) in [5.74, 6) is -2.08. The van der Waals surface area contributed by atoms with E-state index in [1.54, 1.807) is 0 Å². The van der Waals surface area contributed by atoms with Gasteiger partial charge in [0, 0.05) is 18.2 Å². The standard InChI is InChI=1S/C18H20F2N2O.ClH/c1-11(2)12-3-5-13(6-4-12)17(21)10-22-18(23)14-7-8-15(19)16(20)9-14;/h3-9,11,17H,10,21H2,1-2H3,(H,22,23);1H. The van der Waals surface area contributed by atoms with Gasteiger partial charge in [-0.2, -0.15) is 0 Å². The van der Waals surface area contributed by atoms with Crippen LogP contribution in [0.4, 0.5) is 8.78 Å². The summed E-state index contributed by atoms with van der Waals surface area (Å²) < 4.78 is 26.0. The van der Waals surface area contributed by atoms with Gasteiger partial charge in [-0.05, 0) is 35.2 Å². The van der Waals surface area contributed by atoms with Crippen LogP contribution in [0, 0.1) is 11.6 Å². The van der Waals surface area contributed by atoms with Crippen LogP contribution in [0.3, 0.4) is 0 Å². The van der Waals surface area contributed by atoms with Crippen molar-refractivity contribution in [2.75, 3.05) is 6.54 Å². The highest BCUT2D eigenvalue weighted by Gasteiger charge is 2.12. The maximum atomic E-state index is 13.1. The average molecular weight is 355 g/mol. The van der Waals surface area contributed by atoms with Gasteiger partial charge in [0.2, 0.25) is 0 Å². The molecule has 0 fully saturated rings. The van der Waals surface area contributed by atoms with Crippen LogP contribution in [0.25, 0.3) is 0 Å². The maximum Gasteiger partial charge on any atom is 0.251 e. The lowest BCUT2D eigenvalue weighted by Crippen LogP contribution is -2.32. The average Bonchev–Trinajstić information content (AvgIpc) is 2.54. The van der Waals surface area contributed by atoms with Gasteiger partial charge in [-0.25, -0.2) is 8.78 Å². The SMILES string of the molecule is CC(C)c1ccc(C(N)CNC(=O)c2ccc(F)c(F)c2)cc1.Cl. The zero-order chi connectivity index (χ0) is 17.0. The zero-order valence-electron chi connectivity index (χ0n) is 13.6. The van der Waals surface area contributed by atoms with Crippen molar-refractivity contribution in [2.24, 2.45) is 5.73 Å². The first kappa shape index (κ1) is 20.1. The van der Waals surface area contributed by atoms with E-state index in [-0.39, 0.29) is 30.6 Å². The van der Waals surface area contributed by atoms with Crippen LogP contribution >= 0.6 is 12.4 Å². The number of hydrogen-bond acceptors (Lipinski definition) is 2. The Morgan fingerprint density at radius 1 is 1.04 bits per heavy atom. The van der Waals surface area contributed by atoms with Crippen LogP contribution in [0.1, 0.15) is 47.3 Å². The molecule has 0 saturated carbocycles. The van der Waals surface area contributed by atoms with Gasteiger partial charge in [0.1, 0.15) is 0 Å². The minimum absolute atomic E-state index is 0. The summed E-state index contributed by atoms with van der Waals surface area (Å²) in [7, 11) is 0. The highest BCUT2D eigenvalue weighted by molar-refractivity contribution is 5.94. The molecule has 0 bridgehead atoms. The summed E-state index contributed by atoms with van der Waals surface area (Å²) in [5, 5.41) is 2.63. The van der Waals surface area contributed by atoms with Crippen LogP contribution in [0.15, 0.2) is 42.5 Å². The second-order valence-corrected chi connectivity index (χ2v) is 5.77.